The van der Waals surface area contributed by atoms with Gasteiger partial charge < -0.3 is 19.5 Å². The molecule has 1 amide bonds. The van der Waals surface area contributed by atoms with E-state index >= 15 is 0 Å². The minimum absolute atomic E-state index is 0.0458. The van der Waals surface area contributed by atoms with Crippen LogP contribution in [0.15, 0.2) is 72.6 Å². The summed E-state index contributed by atoms with van der Waals surface area (Å²) in [6, 6.07) is 15.5. The number of rotatable bonds is 4. The number of pyridine rings is 1. The van der Waals surface area contributed by atoms with Gasteiger partial charge in [-0.3, -0.25) is 14.6 Å². The number of aliphatic hydroxyl groups excluding tert-OH is 1. The fourth-order valence-corrected chi connectivity index (χ4v) is 4.17. The number of fused-ring (bicyclic) bond motifs is 1. The van der Waals surface area contributed by atoms with Gasteiger partial charge in [0.2, 0.25) is 0 Å². The molecular formula is C26H22N2O5. The number of hydrogen-bond donors (Lipinski definition) is 1. The molecule has 0 aliphatic carbocycles. The lowest BCUT2D eigenvalue weighted by Crippen LogP contribution is -2.29. The number of aryl methyl sites for hydroxylation is 1. The zero-order chi connectivity index (χ0) is 22.9. The van der Waals surface area contributed by atoms with Gasteiger partial charge in [-0.15, -0.1) is 0 Å². The van der Waals surface area contributed by atoms with Gasteiger partial charge in [0, 0.05) is 24.5 Å². The number of nitrogens with zero attached hydrogens (tertiary/aromatic N) is 2. The Morgan fingerprint density at radius 2 is 1.82 bits per heavy atom. The molecule has 0 bridgehead atoms. The van der Waals surface area contributed by atoms with Crippen molar-refractivity contribution in [1.82, 2.24) is 9.88 Å². The van der Waals surface area contributed by atoms with Crippen LogP contribution in [0.3, 0.4) is 0 Å². The van der Waals surface area contributed by atoms with Crippen LogP contribution in [0.25, 0.3) is 5.76 Å². The Bertz CT molecular complexity index is 1250. The van der Waals surface area contributed by atoms with Crippen LogP contribution in [0, 0.1) is 6.92 Å². The average molecular weight is 442 g/mol. The summed E-state index contributed by atoms with van der Waals surface area (Å²) in [5, 5.41) is 11.3. The van der Waals surface area contributed by atoms with Gasteiger partial charge in [0.25, 0.3) is 11.7 Å². The van der Waals surface area contributed by atoms with Gasteiger partial charge in [-0.25, -0.2) is 0 Å². The van der Waals surface area contributed by atoms with Crippen molar-refractivity contribution in [3.63, 3.8) is 0 Å². The second kappa shape index (κ2) is 8.43. The van der Waals surface area contributed by atoms with Gasteiger partial charge in [-0.05, 0) is 42.3 Å². The van der Waals surface area contributed by atoms with Crippen LogP contribution >= 0.6 is 0 Å². The molecule has 2 aliphatic heterocycles. The molecule has 0 unspecified atom stereocenters. The number of ketones is 1. The molecule has 5 rings (SSSR count). The minimum atomic E-state index is -0.737. The molecule has 3 aromatic rings. The van der Waals surface area contributed by atoms with Crippen molar-refractivity contribution in [2.75, 3.05) is 13.2 Å². The summed E-state index contributed by atoms with van der Waals surface area (Å²) in [7, 11) is 0. The van der Waals surface area contributed by atoms with Crippen LogP contribution in [0.5, 0.6) is 11.5 Å². The van der Waals surface area contributed by atoms with Crippen LogP contribution in [-0.4, -0.2) is 39.9 Å². The first-order chi connectivity index (χ1) is 16.0. The number of hydrogen-bond acceptors (Lipinski definition) is 6. The highest BCUT2D eigenvalue weighted by Gasteiger charge is 2.46. The topological polar surface area (TPSA) is 89.0 Å². The van der Waals surface area contributed by atoms with E-state index < -0.39 is 17.7 Å². The summed E-state index contributed by atoms with van der Waals surface area (Å²) in [4.78, 5) is 31.9. The normalized spacial score (nSPS) is 19.1. The standard InChI is InChI=1S/C26H22N2O5/c1-16-4-6-18(7-5-16)23-22(24(29)19-8-9-20-21(13-19)33-12-11-32-20)25(30)26(31)28(23)15-17-3-2-10-27-14-17/h2-10,13-14,23,29H,11-12,15H2,1H3/b24-22+/t23-/m1/s1. The number of benzene rings is 2. The maximum atomic E-state index is 13.2. The molecule has 1 atom stereocenters. The first-order valence-electron chi connectivity index (χ1n) is 10.7. The lowest BCUT2D eigenvalue weighted by atomic mass is 9.94. The van der Waals surface area contributed by atoms with Crippen molar-refractivity contribution < 1.29 is 24.2 Å². The van der Waals surface area contributed by atoms with Crippen LogP contribution in [-0.2, 0) is 16.1 Å². The van der Waals surface area contributed by atoms with Gasteiger partial charge in [0.1, 0.15) is 19.0 Å². The molecule has 0 saturated carbocycles. The van der Waals surface area contributed by atoms with Crippen LogP contribution in [0.4, 0.5) is 0 Å². The van der Waals surface area contributed by atoms with Crippen molar-refractivity contribution in [2.45, 2.75) is 19.5 Å². The zero-order valence-corrected chi connectivity index (χ0v) is 18.0. The predicted molar refractivity (Wildman–Crippen MR) is 121 cm³/mol. The highest BCUT2D eigenvalue weighted by molar-refractivity contribution is 6.46. The van der Waals surface area contributed by atoms with Crippen LogP contribution < -0.4 is 9.47 Å². The molecule has 33 heavy (non-hydrogen) atoms. The van der Waals surface area contributed by atoms with E-state index in [-0.39, 0.29) is 17.9 Å². The van der Waals surface area contributed by atoms with E-state index in [1.54, 1.807) is 36.7 Å². The van der Waals surface area contributed by atoms with E-state index in [0.29, 0.717) is 30.3 Å². The Hall–Kier alpha value is -4.13. The number of aromatic nitrogens is 1. The Labute approximate surface area is 190 Å². The van der Waals surface area contributed by atoms with Crippen molar-refractivity contribution in [3.05, 3.63) is 94.8 Å². The maximum absolute atomic E-state index is 13.2. The lowest BCUT2D eigenvalue weighted by molar-refractivity contribution is -0.140. The largest absolute Gasteiger partial charge is 0.507 e. The number of Topliss-reactive ketones (excluding diaryl/α,β-unsaturated/α-hetero) is 1. The van der Waals surface area contributed by atoms with E-state index in [0.717, 1.165) is 16.7 Å². The Morgan fingerprint density at radius 1 is 1.06 bits per heavy atom. The molecule has 0 radical (unpaired) electrons. The SMILES string of the molecule is Cc1ccc([C@@H]2/C(=C(\O)c3ccc4c(c3)OCCO4)C(=O)C(=O)N2Cc2cccnc2)cc1. The third-order valence-corrected chi connectivity index (χ3v) is 5.82. The maximum Gasteiger partial charge on any atom is 0.295 e. The minimum Gasteiger partial charge on any atom is -0.507 e. The lowest BCUT2D eigenvalue weighted by Gasteiger charge is -2.25. The van der Waals surface area contributed by atoms with Crippen LogP contribution in [0.1, 0.15) is 28.3 Å². The molecule has 1 saturated heterocycles. The number of ether oxygens (including phenoxy) is 2. The number of carbonyl (C=O) groups excluding carboxylic acids is 2. The van der Waals surface area contributed by atoms with Gasteiger partial charge in [0.05, 0.1) is 11.6 Å². The van der Waals surface area contributed by atoms with Crippen molar-refractivity contribution in [1.29, 1.82) is 0 Å². The second-order valence-electron chi connectivity index (χ2n) is 8.06. The van der Waals surface area contributed by atoms with E-state index in [1.165, 1.54) is 4.90 Å². The quantitative estimate of drug-likeness (QED) is 0.376. The third kappa shape index (κ3) is 3.82. The fourth-order valence-electron chi connectivity index (χ4n) is 4.17. The van der Waals surface area contributed by atoms with Crippen molar-refractivity contribution in [3.8, 4) is 11.5 Å². The van der Waals surface area contributed by atoms with Crippen molar-refractivity contribution in [2.24, 2.45) is 0 Å². The third-order valence-electron chi connectivity index (χ3n) is 5.82. The molecule has 2 aliphatic rings. The molecule has 166 valence electrons. The fraction of sp³-hybridized carbons (Fsp3) is 0.192. The van der Waals surface area contributed by atoms with Gasteiger partial charge in [0.15, 0.2) is 11.5 Å². The Kier molecular flexibility index (Phi) is 5.30. The molecule has 3 heterocycles. The molecular weight excluding hydrogens is 420 g/mol. The Balaban J connectivity index is 1.63. The summed E-state index contributed by atoms with van der Waals surface area (Å²) in [6.07, 6.45) is 3.31. The van der Waals surface area contributed by atoms with Crippen LogP contribution in [0.2, 0.25) is 0 Å². The molecule has 7 heteroatoms. The molecule has 1 N–H and O–H groups in total. The Morgan fingerprint density at radius 3 is 2.55 bits per heavy atom. The number of likely N-dealkylation sites (tertiary alicyclic amines) is 1. The van der Waals surface area contributed by atoms with E-state index in [1.807, 2.05) is 37.3 Å². The second-order valence-corrected chi connectivity index (χ2v) is 8.06. The van der Waals surface area contributed by atoms with E-state index in [2.05, 4.69) is 4.98 Å². The number of carbonyl (C=O) groups is 2. The van der Waals surface area contributed by atoms with E-state index in [4.69, 9.17) is 9.47 Å². The molecule has 2 aromatic carbocycles. The van der Waals surface area contributed by atoms with Gasteiger partial charge in [-0.2, -0.15) is 0 Å². The summed E-state index contributed by atoms with van der Waals surface area (Å²) in [5.74, 6) is -0.573. The zero-order valence-electron chi connectivity index (χ0n) is 18.0. The summed E-state index contributed by atoms with van der Waals surface area (Å²) >= 11 is 0. The number of amides is 1. The first kappa shape index (κ1) is 20.8. The molecule has 7 nitrogen and oxygen atoms in total. The van der Waals surface area contributed by atoms with Gasteiger partial charge in [-0.1, -0.05) is 35.9 Å². The number of aliphatic hydroxyl groups is 1. The summed E-state index contributed by atoms with van der Waals surface area (Å²) in [6.45, 7) is 3.00. The van der Waals surface area contributed by atoms with Crippen molar-refractivity contribution >= 4 is 17.4 Å². The van der Waals surface area contributed by atoms with Gasteiger partial charge >= 0.3 is 0 Å². The highest BCUT2D eigenvalue weighted by Crippen LogP contribution is 2.41. The summed E-state index contributed by atoms with van der Waals surface area (Å²) < 4.78 is 11.2. The summed E-state index contributed by atoms with van der Waals surface area (Å²) in [5.41, 5.74) is 3.01. The van der Waals surface area contributed by atoms with E-state index in [9.17, 15) is 14.7 Å². The predicted octanol–water partition coefficient (Wildman–Crippen LogP) is 3.78. The highest BCUT2D eigenvalue weighted by atomic mass is 16.6. The molecule has 1 fully saturated rings. The monoisotopic (exact) mass is 442 g/mol. The first-order valence-corrected chi connectivity index (χ1v) is 10.7. The average Bonchev–Trinajstić information content (AvgIpc) is 3.09. The smallest absolute Gasteiger partial charge is 0.295 e. The molecule has 0 spiro atoms. The molecule has 1 aromatic heterocycles.